The summed E-state index contributed by atoms with van der Waals surface area (Å²) in [5.41, 5.74) is 0.138. The lowest BCUT2D eigenvalue weighted by atomic mass is 10.1. The molecule has 1 aliphatic carbocycles. The first-order valence-corrected chi connectivity index (χ1v) is 11.3. The Bertz CT molecular complexity index is 780. The first-order valence-electron chi connectivity index (χ1n) is 11.3. The fraction of sp³-hybridized carbons (Fsp3) is 0.652. The summed E-state index contributed by atoms with van der Waals surface area (Å²) in [6, 6.07) is 5.17. The molecule has 0 radical (unpaired) electrons. The van der Waals surface area contributed by atoms with Crippen LogP contribution in [-0.4, -0.2) is 72.3 Å². The van der Waals surface area contributed by atoms with Crippen molar-refractivity contribution in [1.82, 2.24) is 14.7 Å². The molecule has 31 heavy (non-hydrogen) atoms. The van der Waals surface area contributed by atoms with Crippen LogP contribution in [-0.2, 0) is 15.8 Å². The van der Waals surface area contributed by atoms with Gasteiger partial charge in [0.1, 0.15) is 0 Å². The van der Waals surface area contributed by atoms with Gasteiger partial charge in [-0.3, -0.25) is 14.5 Å². The number of carbonyl (C=O) groups excluding carboxylic acids is 2. The number of amides is 2. The summed E-state index contributed by atoms with van der Waals surface area (Å²) < 4.78 is 38.2. The van der Waals surface area contributed by atoms with E-state index < -0.39 is 11.7 Å². The maximum atomic E-state index is 12.8. The zero-order valence-corrected chi connectivity index (χ0v) is 17.7. The average molecular weight is 438 g/mol. The lowest BCUT2D eigenvalue weighted by molar-refractivity contribution is -0.138. The average Bonchev–Trinajstić information content (AvgIpc) is 3.57. The van der Waals surface area contributed by atoms with Crippen LogP contribution in [0, 0.1) is 5.92 Å². The fourth-order valence-electron chi connectivity index (χ4n) is 4.73. The molecule has 5 nitrogen and oxygen atoms in total. The highest BCUT2D eigenvalue weighted by Crippen LogP contribution is 2.49. The third-order valence-corrected chi connectivity index (χ3v) is 6.78. The SMILES string of the molecule is O=C(CN1CCN(C(=O)C2CC2c2ccc(C(F)(F)F)cc2)CC1)N1CCCCCC1. The number of halogens is 3. The van der Waals surface area contributed by atoms with E-state index in [1.165, 1.54) is 25.0 Å². The van der Waals surface area contributed by atoms with Crippen LogP contribution >= 0.6 is 0 Å². The first kappa shape index (κ1) is 22.1. The summed E-state index contributed by atoms with van der Waals surface area (Å²) in [6.45, 7) is 4.69. The van der Waals surface area contributed by atoms with E-state index in [0.29, 0.717) is 39.1 Å². The van der Waals surface area contributed by atoms with Crippen molar-refractivity contribution in [2.24, 2.45) is 5.92 Å². The molecule has 2 atom stereocenters. The number of benzene rings is 1. The second kappa shape index (κ2) is 9.18. The maximum Gasteiger partial charge on any atom is 0.416 e. The Morgan fingerprint density at radius 3 is 2.03 bits per heavy atom. The summed E-state index contributed by atoms with van der Waals surface area (Å²) in [5, 5.41) is 0. The van der Waals surface area contributed by atoms with Gasteiger partial charge in [-0.05, 0) is 42.9 Å². The van der Waals surface area contributed by atoms with Gasteiger partial charge in [-0.25, -0.2) is 0 Å². The molecule has 3 aliphatic rings. The Kier molecular flexibility index (Phi) is 6.55. The van der Waals surface area contributed by atoms with Crippen LogP contribution in [0.3, 0.4) is 0 Å². The molecule has 0 bridgehead atoms. The molecule has 2 heterocycles. The van der Waals surface area contributed by atoms with Crippen molar-refractivity contribution >= 4 is 11.8 Å². The number of piperazine rings is 1. The smallest absolute Gasteiger partial charge is 0.342 e. The van der Waals surface area contributed by atoms with Gasteiger partial charge in [-0.15, -0.1) is 0 Å². The van der Waals surface area contributed by atoms with E-state index in [1.807, 2.05) is 9.80 Å². The monoisotopic (exact) mass is 437 g/mol. The molecule has 3 fully saturated rings. The van der Waals surface area contributed by atoms with E-state index in [-0.39, 0.29) is 23.7 Å². The van der Waals surface area contributed by atoms with Gasteiger partial charge in [0.15, 0.2) is 0 Å². The van der Waals surface area contributed by atoms with Crippen LogP contribution in [0.5, 0.6) is 0 Å². The second-order valence-corrected chi connectivity index (χ2v) is 8.96. The van der Waals surface area contributed by atoms with Gasteiger partial charge >= 0.3 is 6.18 Å². The molecule has 2 saturated heterocycles. The van der Waals surface area contributed by atoms with Crippen molar-refractivity contribution < 1.29 is 22.8 Å². The minimum absolute atomic E-state index is 0.0115. The standard InChI is InChI=1S/C23H30F3N3O2/c24-23(25,26)18-7-5-17(6-8-18)19-15-20(19)22(31)29-13-11-27(12-14-29)16-21(30)28-9-3-1-2-4-10-28/h5-8,19-20H,1-4,9-16H2. The third kappa shape index (κ3) is 5.40. The van der Waals surface area contributed by atoms with Gasteiger partial charge < -0.3 is 9.80 Å². The van der Waals surface area contributed by atoms with Gasteiger partial charge in [0.25, 0.3) is 0 Å². The molecule has 2 aliphatic heterocycles. The number of hydrogen-bond donors (Lipinski definition) is 0. The van der Waals surface area contributed by atoms with Gasteiger partial charge in [0, 0.05) is 45.2 Å². The van der Waals surface area contributed by atoms with Gasteiger partial charge in [0.05, 0.1) is 12.1 Å². The van der Waals surface area contributed by atoms with E-state index in [9.17, 15) is 22.8 Å². The predicted molar refractivity (Wildman–Crippen MR) is 110 cm³/mol. The lowest BCUT2D eigenvalue weighted by Gasteiger charge is -2.35. The molecule has 0 spiro atoms. The number of hydrogen-bond acceptors (Lipinski definition) is 3. The topological polar surface area (TPSA) is 43.9 Å². The minimum atomic E-state index is -4.34. The molecular weight excluding hydrogens is 407 g/mol. The van der Waals surface area contributed by atoms with Gasteiger partial charge in [-0.2, -0.15) is 13.2 Å². The zero-order valence-electron chi connectivity index (χ0n) is 17.7. The quantitative estimate of drug-likeness (QED) is 0.726. The number of rotatable bonds is 4. The summed E-state index contributed by atoms with van der Waals surface area (Å²) in [7, 11) is 0. The normalized spacial score (nSPS) is 25.3. The predicted octanol–water partition coefficient (Wildman–Crippen LogP) is 3.36. The Labute approximate surface area is 181 Å². The van der Waals surface area contributed by atoms with Crippen LogP contribution < -0.4 is 0 Å². The zero-order chi connectivity index (χ0) is 22.0. The fourth-order valence-corrected chi connectivity index (χ4v) is 4.73. The van der Waals surface area contributed by atoms with Gasteiger partial charge in [0.2, 0.25) is 11.8 Å². The summed E-state index contributed by atoms with van der Waals surface area (Å²) >= 11 is 0. The second-order valence-electron chi connectivity index (χ2n) is 8.96. The molecule has 1 saturated carbocycles. The van der Waals surface area contributed by atoms with Crippen LogP contribution in [0.1, 0.15) is 49.1 Å². The van der Waals surface area contributed by atoms with Crippen LogP contribution in [0.15, 0.2) is 24.3 Å². The third-order valence-electron chi connectivity index (χ3n) is 6.78. The first-order chi connectivity index (χ1) is 14.8. The maximum absolute atomic E-state index is 12.8. The largest absolute Gasteiger partial charge is 0.416 e. The van der Waals surface area contributed by atoms with E-state index >= 15 is 0 Å². The van der Waals surface area contributed by atoms with E-state index in [0.717, 1.165) is 43.6 Å². The van der Waals surface area contributed by atoms with Crippen molar-refractivity contribution in [2.75, 3.05) is 45.8 Å². The Hall–Kier alpha value is -2.09. The van der Waals surface area contributed by atoms with Crippen molar-refractivity contribution in [2.45, 2.75) is 44.2 Å². The molecule has 4 rings (SSSR count). The molecule has 0 N–H and O–H groups in total. The Morgan fingerprint density at radius 2 is 1.45 bits per heavy atom. The van der Waals surface area contributed by atoms with Crippen LogP contribution in [0.2, 0.25) is 0 Å². The van der Waals surface area contributed by atoms with Crippen molar-refractivity contribution in [1.29, 1.82) is 0 Å². The Balaban J connectivity index is 1.23. The molecule has 1 aromatic carbocycles. The Morgan fingerprint density at radius 1 is 0.839 bits per heavy atom. The van der Waals surface area contributed by atoms with Crippen LogP contribution in [0.4, 0.5) is 13.2 Å². The van der Waals surface area contributed by atoms with Gasteiger partial charge in [-0.1, -0.05) is 25.0 Å². The van der Waals surface area contributed by atoms with Crippen molar-refractivity contribution in [3.63, 3.8) is 0 Å². The molecule has 1 aromatic rings. The number of alkyl halides is 3. The number of likely N-dealkylation sites (tertiary alicyclic amines) is 1. The molecule has 2 amide bonds. The molecule has 170 valence electrons. The van der Waals surface area contributed by atoms with Crippen molar-refractivity contribution in [3.05, 3.63) is 35.4 Å². The number of carbonyl (C=O) groups is 2. The summed E-state index contributed by atoms with van der Waals surface area (Å²) in [6.07, 6.45) is 0.896. The molecule has 2 unspecified atom stereocenters. The molecule has 8 heteroatoms. The highest BCUT2D eigenvalue weighted by atomic mass is 19.4. The number of nitrogens with zero attached hydrogens (tertiary/aromatic N) is 3. The van der Waals surface area contributed by atoms with E-state index in [4.69, 9.17) is 0 Å². The lowest BCUT2D eigenvalue weighted by Crippen LogP contribution is -2.52. The summed E-state index contributed by atoms with van der Waals surface area (Å²) in [5.74, 6) is 0.147. The van der Waals surface area contributed by atoms with E-state index in [2.05, 4.69) is 4.90 Å². The highest BCUT2D eigenvalue weighted by molar-refractivity contribution is 5.83. The minimum Gasteiger partial charge on any atom is -0.342 e. The molecule has 0 aromatic heterocycles. The van der Waals surface area contributed by atoms with Crippen LogP contribution in [0.25, 0.3) is 0 Å². The highest BCUT2D eigenvalue weighted by Gasteiger charge is 2.46. The summed E-state index contributed by atoms with van der Waals surface area (Å²) in [4.78, 5) is 31.4. The van der Waals surface area contributed by atoms with E-state index in [1.54, 1.807) is 0 Å². The van der Waals surface area contributed by atoms with Crippen molar-refractivity contribution in [3.8, 4) is 0 Å². The molecular formula is C23H30F3N3O2.